The van der Waals surface area contributed by atoms with E-state index in [1.807, 2.05) is 14.0 Å². The van der Waals surface area contributed by atoms with E-state index >= 15 is 0 Å². The van der Waals surface area contributed by atoms with Crippen LogP contribution in [-0.2, 0) is 17.1 Å². The summed E-state index contributed by atoms with van der Waals surface area (Å²) in [6.45, 7) is 2.31. The molecule has 0 aromatic carbocycles. The minimum atomic E-state index is -3.48. The predicted octanol–water partition coefficient (Wildman–Crippen LogP) is 2.06. The molecule has 0 atom stereocenters. The Hall–Kier alpha value is -0.400. The molecule has 19 heavy (non-hydrogen) atoms. The topological polar surface area (TPSA) is 55.2 Å². The molecular formula is C12H20BrN3O2S. The average Bonchev–Trinajstić information content (AvgIpc) is 2.97. The summed E-state index contributed by atoms with van der Waals surface area (Å²) < 4.78 is 28.8. The maximum atomic E-state index is 12.7. The van der Waals surface area contributed by atoms with Crippen molar-refractivity contribution in [1.29, 1.82) is 0 Å². The number of nitrogens with zero attached hydrogens (tertiary/aromatic N) is 3. The summed E-state index contributed by atoms with van der Waals surface area (Å²) in [5.41, 5.74) is 0. The number of hydrogen-bond donors (Lipinski definition) is 0. The molecule has 0 N–H and O–H groups in total. The van der Waals surface area contributed by atoms with Crippen molar-refractivity contribution in [2.75, 3.05) is 11.9 Å². The minimum Gasteiger partial charge on any atom is -0.337 e. The van der Waals surface area contributed by atoms with Crippen molar-refractivity contribution in [3.63, 3.8) is 0 Å². The van der Waals surface area contributed by atoms with Gasteiger partial charge in [-0.3, -0.25) is 0 Å². The van der Waals surface area contributed by atoms with Crippen molar-refractivity contribution < 1.29 is 8.42 Å². The van der Waals surface area contributed by atoms with Gasteiger partial charge in [-0.2, -0.15) is 4.31 Å². The number of imidazole rings is 1. The SMILES string of the molecule is Cc1nc(S(=O)(=O)N(CCBr)C2CCCC2)cn1C. The lowest BCUT2D eigenvalue weighted by atomic mass is 10.2. The number of halogens is 1. The first kappa shape index (κ1) is 15.0. The summed E-state index contributed by atoms with van der Waals surface area (Å²) in [6, 6.07) is 0.130. The van der Waals surface area contributed by atoms with E-state index in [1.54, 1.807) is 15.1 Å². The quantitative estimate of drug-likeness (QED) is 0.764. The lowest BCUT2D eigenvalue weighted by Gasteiger charge is -2.26. The van der Waals surface area contributed by atoms with E-state index < -0.39 is 10.0 Å². The summed E-state index contributed by atoms with van der Waals surface area (Å²) in [7, 11) is -1.67. The summed E-state index contributed by atoms with van der Waals surface area (Å²) >= 11 is 3.35. The Morgan fingerprint density at radius 2 is 2.11 bits per heavy atom. The molecule has 1 aromatic heterocycles. The summed E-state index contributed by atoms with van der Waals surface area (Å²) in [5.74, 6) is 0.712. The monoisotopic (exact) mass is 349 g/mol. The first-order valence-corrected chi connectivity index (χ1v) is 9.10. The van der Waals surface area contributed by atoms with E-state index in [4.69, 9.17) is 0 Å². The number of sulfonamides is 1. The second-order valence-electron chi connectivity index (χ2n) is 4.98. The average molecular weight is 350 g/mol. The molecule has 2 rings (SSSR count). The van der Waals surface area contributed by atoms with Gasteiger partial charge in [0.15, 0.2) is 5.03 Å². The Balaban J connectivity index is 2.33. The Bertz CT molecular complexity index is 516. The minimum absolute atomic E-state index is 0.130. The van der Waals surface area contributed by atoms with Crippen LogP contribution in [0.25, 0.3) is 0 Å². The van der Waals surface area contributed by atoms with Gasteiger partial charge < -0.3 is 4.57 Å². The van der Waals surface area contributed by atoms with E-state index in [9.17, 15) is 8.42 Å². The van der Waals surface area contributed by atoms with Gasteiger partial charge in [-0.25, -0.2) is 13.4 Å². The summed E-state index contributed by atoms with van der Waals surface area (Å²) in [6.07, 6.45) is 5.73. The number of aryl methyl sites for hydroxylation is 2. The molecule has 7 heteroatoms. The maximum Gasteiger partial charge on any atom is 0.262 e. The molecule has 0 saturated heterocycles. The molecule has 0 unspecified atom stereocenters. The molecule has 1 fully saturated rings. The van der Waals surface area contributed by atoms with Crippen LogP contribution in [0.2, 0.25) is 0 Å². The standard InChI is InChI=1S/C12H20BrN3O2S/c1-10-14-12(9-15(10)2)19(17,18)16(8-7-13)11-5-3-4-6-11/h9,11H,3-8H2,1-2H3. The second-order valence-corrected chi connectivity index (χ2v) is 7.61. The highest BCUT2D eigenvalue weighted by Gasteiger charge is 2.34. The van der Waals surface area contributed by atoms with Crippen LogP contribution in [0.4, 0.5) is 0 Å². The molecule has 0 spiro atoms. The third-order valence-electron chi connectivity index (χ3n) is 3.70. The molecule has 0 radical (unpaired) electrons. The fourth-order valence-electron chi connectivity index (χ4n) is 2.55. The first-order chi connectivity index (χ1) is 8.96. The van der Waals surface area contributed by atoms with Crippen molar-refractivity contribution in [2.24, 2.45) is 7.05 Å². The fourth-order valence-corrected chi connectivity index (χ4v) is 4.88. The van der Waals surface area contributed by atoms with Crippen LogP contribution in [0.15, 0.2) is 11.2 Å². The van der Waals surface area contributed by atoms with E-state index in [1.165, 1.54) is 0 Å². The molecule has 1 heterocycles. The van der Waals surface area contributed by atoms with Crippen molar-refractivity contribution in [2.45, 2.75) is 43.7 Å². The van der Waals surface area contributed by atoms with E-state index in [0.717, 1.165) is 25.7 Å². The van der Waals surface area contributed by atoms with Gasteiger partial charge in [0.05, 0.1) is 0 Å². The van der Waals surface area contributed by atoms with Crippen molar-refractivity contribution in [3.8, 4) is 0 Å². The zero-order valence-corrected chi connectivity index (χ0v) is 13.7. The molecule has 0 amide bonds. The third kappa shape index (κ3) is 3.03. The van der Waals surface area contributed by atoms with Gasteiger partial charge in [0.2, 0.25) is 0 Å². The number of rotatable bonds is 5. The normalized spacial score (nSPS) is 17.5. The molecule has 5 nitrogen and oxygen atoms in total. The lowest BCUT2D eigenvalue weighted by molar-refractivity contribution is 0.337. The van der Waals surface area contributed by atoms with Crippen molar-refractivity contribution in [1.82, 2.24) is 13.9 Å². The molecule has 108 valence electrons. The lowest BCUT2D eigenvalue weighted by Crippen LogP contribution is -2.40. The van der Waals surface area contributed by atoms with Gasteiger partial charge >= 0.3 is 0 Å². The largest absolute Gasteiger partial charge is 0.337 e. The second kappa shape index (κ2) is 5.93. The zero-order chi connectivity index (χ0) is 14.0. The van der Waals surface area contributed by atoms with E-state index in [0.29, 0.717) is 17.7 Å². The van der Waals surface area contributed by atoms with Crippen LogP contribution in [0.1, 0.15) is 31.5 Å². The molecular weight excluding hydrogens is 330 g/mol. The Morgan fingerprint density at radius 1 is 1.47 bits per heavy atom. The van der Waals surface area contributed by atoms with Crippen LogP contribution in [-0.4, -0.2) is 40.2 Å². The Morgan fingerprint density at radius 3 is 2.58 bits per heavy atom. The van der Waals surface area contributed by atoms with E-state index in [-0.39, 0.29) is 11.1 Å². The molecule has 0 bridgehead atoms. The highest BCUT2D eigenvalue weighted by atomic mass is 79.9. The molecule has 1 aromatic rings. The first-order valence-electron chi connectivity index (χ1n) is 6.54. The zero-order valence-electron chi connectivity index (χ0n) is 11.3. The van der Waals surface area contributed by atoms with Gasteiger partial charge in [-0.1, -0.05) is 28.8 Å². The van der Waals surface area contributed by atoms with Crippen molar-refractivity contribution >= 4 is 26.0 Å². The highest BCUT2D eigenvalue weighted by Crippen LogP contribution is 2.28. The molecule has 1 saturated carbocycles. The summed E-state index contributed by atoms with van der Waals surface area (Å²) in [5, 5.41) is 0.814. The molecule has 0 aliphatic heterocycles. The van der Waals surface area contributed by atoms with Crippen LogP contribution in [0, 0.1) is 6.92 Å². The smallest absolute Gasteiger partial charge is 0.262 e. The maximum absolute atomic E-state index is 12.7. The number of alkyl halides is 1. The molecule has 1 aliphatic carbocycles. The number of aromatic nitrogens is 2. The van der Waals surface area contributed by atoms with Gasteiger partial charge in [-0.05, 0) is 19.8 Å². The van der Waals surface area contributed by atoms with Gasteiger partial charge in [0.25, 0.3) is 10.0 Å². The van der Waals surface area contributed by atoms with Crippen LogP contribution < -0.4 is 0 Å². The Labute approximate surface area is 123 Å². The van der Waals surface area contributed by atoms with Crippen LogP contribution in [0.3, 0.4) is 0 Å². The highest BCUT2D eigenvalue weighted by molar-refractivity contribution is 9.09. The predicted molar refractivity (Wildman–Crippen MR) is 77.9 cm³/mol. The van der Waals surface area contributed by atoms with Crippen LogP contribution in [0.5, 0.6) is 0 Å². The fraction of sp³-hybridized carbons (Fsp3) is 0.750. The van der Waals surface area contributed by atoms with E-state index in [2.05, 4.69) is 20.9 Å². The van der Waals surface area contributed by atoms with Gasteiger partial charge in [0, 0.05) is 31.2 Å². The van der Waals surface area contributed by atoms with Crippen molar-refractivity contribution in [3.05, 3.63) is 12.0 Å². The number of hydrogen-bond acceptors (Lipinski definition) is 3. The summed E-state index contributed by atoms with van der Waals surface area (Å²) in [4.78, 5) is 4.17. The van der Waals surface area contributed by atoms with Crippen LogP contribution >= 0.6 is 15.9 Å². The van der Waals surface area contributed by atoms with Gasteiger partial charge in [0.1, 0.15) is 5.82 Å². The van der Waals surface area contributed by atoms with Gasteiger partial charge in [-0.15, -0.1) is 0 Å². The molecule has 1 aliphatic rings. The third-order valence-corrected chi connectivity index (χ3v) is 5.87. The Kier molecular flexibility index (Phi) is 4.68.